The molecule has 2 heterocycles. The molecule has 0 aliphatic carbocycles. The van der Waals surface area contributed by atoms with Crippen LogP contribution in [0.15, 0.2) is 17.5 Å². The van der Waals surface area contributed by atoms with Gasteiger partial charge in [-0.25, -0.2) is 4.98 Å². The van der Waals surface area contributed by atoms with Gasteiger partial charge in [-0.05, 0) is 18.8 Å². The number of aryl methyl sites for hydroxylation is 1. The molecule has 22 heavy (non-hydrogen) atoms. The van der Waals surface area contributed by atoms with Crippen LogP contribution in [0.1, 0.15) is 65.5 Å². The van der Waals surface area contributed by atoms with Gasteiger partial charge in [0.1, 0.15) is 0 Å². The number of imidazole rings is 1. The van der Waals surface area contributed by atoms with Crippen LogP contribution in [-0.2, 0) is 39.3 Å². The van der Waals surface area contributed by atoms with Crippen molar-refractivity contribution in [3.63, 3.8) is 0 Å². The van der Waals surface area contributed by atoms with Crippen molar-refractivity contribution >= 4 is 6.34 Å². The van der Waals surface area contributed by atoms with Crippen molar-refractivity contribution < 1.29 is 32.7 Å². The Balaban J connectivity index is 0.00000220. The second-order valence-electron chi connectivity index (χ2n) is 5.96. The normalized spacial score (nSPS) is 19.0. The molecule has 1 aliphatic heterocycles. The molecule has 1 aromatic heterocycles. The minimum atomic E-state index is 0. The Labute approximate surface area is 161 Å². The fraction of sp³-hybridized carbons (Fsp3) is 0.765. The zero-order chi connectivity index (χ0) is 14.4. The van der Waals surface area contributed by atoms with Gasteiger partial charge in [0.25, 0.3) is 0 Å². The van der Waals surface area contributed by atoms with E-state index in [9.17, 15) is 0 Å². The number of hydrogen-bond donors (Lipinski definition) is 1. The molecule has 0 bridgehead atoms. The molecule has 1 N–H and O–H groups in total. The van der Waals surface area contributed by atoms with Crippen LogP contribution in [0, 0.1) is 5.92 Å². The fourth-order valence-electron chi connectivity index (χ4n) is 2.94. The van der Waals surface area contributed by atoms with Gasteiger partial charge in [0.15, 0.2) is 0 Å². The first kappa shape index (κ1) is 21.8. The molecule has 123 valence electrons. The van der Waals surface area contributed by atoms with Gasteiger partial charge in [-0.15, -0.1) is 0 Å². The Hall–Kier alpha value is -0.216. The average molecular weight is 381 g/mol. The van der Waals surface area contributed by atoms with Crippen LogP contribution >= 0.6 is 0 Å². The second kappa shape index (κ2) is 11.3. The monoisotopic (exact) mass is 381 g/mol. The second-order valence-corrected chi connectivity index (χ2v) is 5.96. The van der Waals surface area contributed by atoms with Crippen molar-refractivity contribution in [3.05, 3.63) is 18.2 Å². The summed E-state index contributed by atoms with van der Waals surface area (Å²) in [5, 5.41) is 3.38. The molecule has 0 aromatic carbocycles. The van der Waals surface area contributed by atoms with E-state index in [1.165, 1.54) is 31.4 Å². The van der Waals surface area contributed by atoms with Crippen LogP contribution < -0.4 is 5.32 Å². The Morgan fingerprint density at radius 2 is 2.18 bits per heavy atom. The van der Waals surface area contributed by atoms with Gasteiger partial charge in [0.2, 0.25) is 0 Å². The summed E-state index contributed by atoms with van der Waals surface area (Å²) in [6.45, 7) is 8.81. The number of aromatic nitrogens is 2. The van der Waals surface area contributed by atoms with E-state index >= 15 is 0 Å². The van der Waals surface area contributed by atoms with Gasteiger partial charge in [0, 0.05) is 57.4 Å². The van der Waals surface area contributed by atoms with E-state index in [1.807, 2.05) is 12.7 Å². The van der Waals surface area contributed by atoms with Crippen molar-refractivity contribution in [1.82, 2.24) is 14.9 Å². The van der Waals surface area contributed by atoms with Crippen LogP contribution in [0.4, 0.5) is 0 Å². The minimum Gasteiger partial charge on any atom is -0.372 e. The Morgan fingerprint density at radius 1 is 1.41 bits per heavy atom. The first-order chi connectivity index (χ1) is 9.74. The largest absolute Gasteiger partial charge is 0.372 e. The Morgan fingerprint density at radius 3 is 2.77 bits per heavy atom. The van der Waals surface area contributed by atoms with E-state index in [0.29, 0.717) is 17.9 Å². The summed E-state index contributed by atoms with van der Waals surface area (Å²) in [5.41, 5.74) is 1.23. The Bertz CT molecular complexity index is 422. The first-order valence-electron chi connectivity index (χ1n) is 8.00. The van der Waals surface area contributed by atoms with Gasteiger partial charge in [-0.1, -0.05) is 41.0 Å². The molecule has 3 atom stereocenters. The molecule has 0 fully saturated rings. The van der Waals surface area contributed by atoms with Gasteiger partial charge in [-0.3, -0.25) is 4.99 Å². The molecule has 0 amide bonds. The SMILES string of the molecule is C.CCCCn1cnc(C(C)CC(CC)C2CN=CN2)c1.[Y]. The maximum atomic E-state index is 4.59. The average Bonchev–Trinajstić information content (AvgIpc) is 3.13. The Kier molecular flexibility index (Phi) is 11.2. The molecule has 2 rings (SSSR count). The maximum Gasteiger partial charge on any atom is 0.0949 e. The zero-order valence-electron chi connectivity index (χ0n) is 13.6. The van der Waals surface area contributed by atoms with Gasteiger partial charge < -0.3 is 9.88 Å². The summed E-state index contributed by atoms with van der Waals surface area (Å²) in [5.74, 6) is 1.19. The predicted molar refractivity (Wildman–Crippen MR) is 91.0 cm³/mol. The quantitative estimate of drug-likeness (QED) is 0.744. The summed E-state index contributed by atoms with van der Waals surface area (Å²) < 4.78 is 2.23. The van der Waals surface area contributed by atoms with Crippen LogP contribution in [0.5, 0.6) is 0 Å². The maximum absolute atomic E-state index is 4.59. The van der Waals surface area contributed by atoms with Gasteiger partial charge in [0.05, 0.1) is 24.9 Å². The van der Waals surface area contributed by atoms with E-state index in [-0.39, 0.29) is 40.1 Å². The number of nitrogens with one attached hydrogen (secondary N) is 1. The van der Waals surface area contributed by atoms with Crippen LogP contribution in [0.3, 0.4) is 0 Å². The third kappa shape index (κ3) is 6.12. The van der Waals surface area contributed by atoms with Crippen molar-refractivity contribution in [2.75, 3.05) is 6.54 Å². The molecule has 3 unspecified atom stereocenters. The molecule has 5 heteroatoms. The van der Waals surface area contributed by atoms with Gasteiger partial charge >= 0.3 is 0 Å². The van der Waals surface area contributed by atoms with Crippen LogP contribution in [0.2, 0.25) is 0 Å². The van der Waals surface area contributed by atoms with Crippen LogP contribution in [-0.4, -0.2) is 28.5 Å². The molecule has 1 radical (unpaired) electrons. The third-order valence-electron chi connectivity index (χ3n) is 4.36. The number of nitrogens with zero attached hydrogens (tertiary/aromatic N) is 3. The number of aliphatic imine (C=N–C) groups is 1. The topological polar surface area (TPSA) is 42.2 Å². The smallest absolute Gasteiger partial charge is 0.0949 e. The fourth-order valence-corrected chi connectivity index (χ4v) is 2.94. The summed E-state index contributed by atoms with van der Waals surface area (Å²) in [6.07, 6.45) is 10.9. The summed E-state index contributed by atoms with van der Waals surface area (Å²) in [4.78, 5) is 8.89. The van der Waals surface area contributed by atoms with Crippen molar-refractivity contribution in [2.45, 2.75) is 72.4 Å². The van der Waals surface area contributed by atoms with E-state index < -0.39 is 0 Å². The summed E-state index contributed by atoms with van der Waals surface area (Å²) >= 11 is 0. The molecular formula is C17H32N4Y. The molecule has 0 saturated carbocycles. The van der Waals surface area contributed by atoms with Crippen molar-refractivity contribution in [3.8, 4) is 0 Å². The number of unbranched alkanes of at least 4 members (excludes halogenated alkanes) is 1. The standard InChI is InChI=1S/C16H28N4.CH4.Y/c1-4-6-7-20-10-16(19-12-20)13(3)8-14(5-2)15-9-17-11-18-15;;/h10-15H,4-9H2,1-3H3,(H,17,18);1H4;. The molecule has 4 nitrogen and oxygen atoms in total. The minimum absolute atomic E-state index is 0. The summed E-state index contributed by atoms with van der Waals surface area (Å²) in [6, 6.07) is 0.518. The zero-order valence-corrected chi connectivity index (χ0v) is 16.5. The van der Waals surface area contributed by atoms with Crippen molar-refractivity contribution in [2.24, 2.45) is 10.9 Å². The van der Waals surface area contributed by atoms with E-state index in [4.69, 9.17) is 0 Å². The summed E-state index contributed by atoms with van der Waals surface area (Å²) in [7, 11) is 0. The van der Waals surface area contributed by atoms with Crippen LogP contribution in [0.25, 0.3) is 0 Å². The van der Waals surface area contributed by atoms with E-state index in [2.05, 4.69) is 46.8 Å². The van der Waals surface area contributed by atoms with Gasteiger partial charge in [-0.2, -0.15) is 0 Å². The third-order valence-corrected chi connectivity index (χ3v) is 4.36. The first-order valence-corrected chi connectivity index (χ1v) is 8.00. The molecule has 0 spiro atoms. The number of hydrogen-bond acceptors (Lipinski definition) is 3. The molecule has 1 aromatic rings. The molecule has 1 aliphatic rings. The van der Waals surface area contributed by atoms with E-state index in [0.717, 1.165) is 13.1 Å². The van der Waals surface area contributed by atoms with Crippen molar-refractivity contribution in [1.29, 1.82) is 0 Å². The number of rotatable bonds is 8. The predicted octanol–water partition coefficient (Wildman–Crippen LogP) is 3.84. The molecule has 0 saturated heterocycles. The van der Waals surface area contributed by atoms with E-state index in [1.54, 1.807) is 0 Å². The molecular weight excluding hydrogens is 349 g/mol.